The average molecular weight is 871 g/mol. The van der Waals surface area contributed by atoms with Gasteiger partial charge in [0.05, 0.1) is 57.9 Å². The fourth-order valence-electron chi connectivity index (χ4n) is 14.7. The van der Waals surface area contributed by atoms with Gasteiger partial charge < -0.3 is 76.2 Å². The lowest BCUT2D eigenvalue weighted by molar-refractivity contribution is -0.925. The van der Waals surface area contributed by atoms with Crippen LogP contribution in [0.2, 0.25) is 0 Å². The molecule has 0 radical (unpaired) electrons. The van der Waals surface area contributed by atoms with Crippen LogP contribution < -0.4 is 57.8 Å². The first kappa shape index (κ1) is 31.5. The van der Waals surface area contributed by atoms with Crippen LogP contribution in [0.4, 0.5) is 11.4 Å². The number of hydrogen-bond donors (Lipinski definition) is 0. The Labute approximate surface area is 319 Å². The number of halogens is 2. The highest BCUT2D eigenvalue weighted by atomic mass is 127. The van der Waals surface area contributed by atoms with Gasteiger partial charge in [-0.3, -0.25) is 0 Å². The van der Waals surface area contributed by atoms with Gasteiger partial charge in [-0.1, -0.05) is 48.6 Å². The second kappa shape index (κ2) is 10.5. The molecule has 2 aliphatic carbocycles. The van der Waals surface area contributed by atoms with Gasteiger partial charge in [-0.05, 0) is 34.9 Å². The Bertz CT molecular complexity index is 1740. The van der Waals surface area contributed by atoms with Crippen molar-refractivity contribution in [2.24, 2.45) is 29.6 Å². The smallest absolute Gasteiger partial charge is 0.136 e. The molecule has 8 heteroatoms. The van der Waals surface area contributed by atoms with Gasteiger partial charge in [0, 0.05) is 72.7 Å². The first-order chi connectivity index (χ1) is 22.5. The Morgan fingerprint density at radius 1 is 0.750 bits per heavy atom. The van der Waals surface area contributed by atoms with Crippen LogP contribution in [0, 0.1) is 29.6 Å². The normalized spacial score (nSPS) is 49.2. The van der Waals surface area contributed by atoms with E-state index in [1.54, 1.807) is 16.7 Å². The highest BCUT2D eigenvalue weighted by molar-refractivity contribution is 5.68. The van der Waals surface area contributed by atoms with Gasteiger partial charge in [0.2, 0.25) is 0 Å². The molecule has 10 aliphatic rings. The van der Waals surface area contributed by atoms with E-state index in [2.05, 4.69) is 90.6 Å². The number of nitrogens with zero attached hydrogens (tertiary/aromatic N) is 4. The molecule has 0 aromatic heterocycles. The molecule has 2 unspecified atom stereocenters. The Hall–Kier alpha value is -1.18. The summed E-state index contributed by atoms with van der Waals surface area (Å²) in [6, 6.07) is 23.4. The maximum atomic E-state index is 7.43. The van der Waals surface area contributed by atoms with Crippen molar-refractivity contribution in [1.29, 1.82) is 0 Å². The fourth-order valence-corrected chi connectivity index (χ4v) is 14.7. The number of piperidine rings is 2. The number of ether oxygens (including phenoxy) is 2. The largest absolute Gasteiger partial charge is 1.00 e. The first-order valence-corrected chi connectivity index (χ1v) is 18.5. The lowest BCUT2D eigenvalue weighted by atomic mass is 9.53. The minimum Gasteiger partial charge on any atom is -1.00 e. The molecular formula is C40H48I2N4O2. The molecule has 8 aliphatic heterocycles. The minimum atomic E-state index is 0. The lowest BCUT2D eigenvalue weighted by Gasteiger charge is -2.65. The number of quaternary nitrogens is 2. The molecule has 6 nitrogen and oxygen atoms in total. The topological polar surface area (TPSA) is 24.9 Å². The molecule has 0 amide bonds. The molecule has 8 heterocycles. The van der Waals surface area contributed by atoms with Gasteiger partial charge in [-0.2, -0.15) is 0 Å². The molecule has 2 aromatic rings. The van der Waals surface area contributed by atoms with Crippen molar-refractivity contribution >= 4 is 11.4 Å². The highest BCUT2D eigenvalue weighted by Crippen LogP contribution is 2.69. The average Bonchev–Trinajstić information content (AvgIpc) is 3.58. The standard InChI is InChI=1S/C40H48N4O2.2HI/c1-43-16-12-27-32(43)20-28-24(22-43)13-18-45-38-34(28)36(27)41(26-8-4-3-5-9-26)39-35-29-21-33-40(15-17-44(33,2)23-25(29)14-19-46-39)30-10-6-7-11-31(30)42(38)37(35)40;;/h3-11,13-14,27-29,32-39H,12,15-23H2,1-2H3;2*1H/q+2;;/p-2/t27-,28-,29-,32-,33-,34+,35+,36+,37-,38+,39+,40+,43?,44?;;/m0../s1. The van der Waals surface area contributed by atoms with E-state index in [4.69, 9.17) is 9.47 Å². The van der Waals surface area contributed by atoms with E-state index in [0.29, 0.717) is 47.7 Å². The second-order valence-corrected chi connectivity index (χ2v) is 17.5. The number of likely N-dealkylation sites (N-methyl/N-ethyl adjacent to an activating group) is 2. The molecule has 4 bridgehead atoms. The van der Waals surface area contributed by atoms with Gasteiger partial charge in [0.1, 0.15) is 31.6 Å². The molecule has 2 aromatic carbocycles. The van der Waals surface area contributed by atoms with Gasteiger partial charge in [-0.15, -0.1) is 0 Å². The fraction of sp³-hybridized carbons (Fsp3) is 0.600. The van der Waals surface area contributed by atoms with Crippen molar-refractivity contribution < 1.29 is 66.4 Å². The van der Waals surface area contributed by atoms with Gasteiger partial charge in [0.15, 0.2) is 0 Å². The first-order valence-electron chi connectivity index (χ1n) is 18.5. The Morgan fingerprint density at radius 3 is 2.23 bits per heavy atom. The van der Waals surface area contributed by atoms with Crippen molar-refractivity contribution in [2.45, 2.75) is 67.7 Å². The molecule has 14 atom stereocenters. The van der Waals surface area contributed by atoms with E-state index in [1.165, 1.54) is 72.2 Å². The second-order valence-electron chi connectivity index (χ2n) is 17.5. The van der Waals surface area contributed by atoms with E-state index in [-0.39, 0.29) is 65.8 Å². The lowest BCUT2D eigenvalue weighted by Crippen LogP contribution is -3.00. The number of fused-ring (bicyclic) bond motifs is 4. The summed E-state index contributed by atoms with van der Waals surface area (Å²) >= 11 is 0. The zero-order chi connectivity index (χ0) is 30.2. The monoisotopic (exact) mass is 870 g/mol. The minimum absolute atomic E-state index is 0. The molecular weight excluding hydrogens is 822 g/mol. The summed E-state index contributed by atoms with van der Waals surface area (Å²) in [7, 11) is 5.17. The number of rotatable bonds is 1. The van der Waals surface area contributed by atoms with E-state index in [0.717, 1.165) is 19.3 Å². The third-order valence-electron chi connectivity index (χ3n) is 16.1. The predicted molar refractivity (Wildman–Crippen MR) is 178 cm³/mol. The van der Waals surface area contributed by atoms with Crippen molar-refractivity contribution in [1.82, 2.24) is 0 Å². The predicted octanol–water partition coefficient (Wildman–Crippen LogP) is -1.07. The Kier molecular flexibility index (Phi) is 6.87. The van der Waals surface area contributed by atoms with Crippen LogP contribution in [0.25, 0.3) is 0 Å². The summed E-state index contributed by atoms with van der Waals surface area (Å²) < 4.78 is 17.3. The van der Waals surface area contributed by atoms with Crippen LogP contribution in [0.15, 0.2) is 77.9 Å². The van der Waals surface area contributed by atoms with Gasteiger partial charge >= 0.3 is 0 Å². The molecule has 2 saturated carbocycles. The van der Waals surface area contributed by atoms with Gasteiger partial charge in [-0.25, -0.2) is 0 Å². The molecule has 5 saturated heterocycles. The summed E-state index contributed by atoms with van der Waals surface area (Å²) in [5.41, 5.74) is 8.02. The number of hydrogen-bond acceptors (Lipinski definition) is 4. The molecule has 254 valence electrons. The summed E-state index contributed by atoms with van der Waals surface area (Å²) in [4.78, 5) is 5.90. The Balaban J connectivity index is 0.00000148. The van der Waals surface area contributed by atoms with E-state index in [9.17, 15) is 0 Å². The van der Waals surface area contributed by atoms with Crippen LogP contribution in [-0.4, -0.2) is 99.1 Å². The third kappa shape index (κ3) is 3.59. The van der Waals surface area contributed by atoms with Crippen LogP contribution in [-0.2, 0) is 14.9 Å². The zero-order valence-corrected chi connectivity index (χ0v) is 32.4. The van der Waals surface area contributed by atoms with Crippen molar-refractivity contribution in [3.05, 3.63) is 83.5 Å². The van der Waals surface area contributed by atoms with Gasteiger partial charge in [0.25, 0.3) is 0 Å². The molecule has 7 fully saturated rings. The van der Waals surface area contributed by atoms with Crippen LogP contribution in [0.5, 0.6) is 0 Å². The van der Waals surface area contributed by atoms with Crippen LogP contribution in [0.3, 0.4) is 0 Å². The SMILES string of the molecule is C[N+]12CC[C@@H]3[C@@H]4[C@@H]5[C@@H](OCC=C(C1)[C@@H]5C[C@@H]32)N1c2ccccc2[C@@]23CC[N+]5(C)CC6=CCO[C@H]([C@@H]([C@H]12)[C@H]6C[C@@H]35)N4c1ccccc1.[I-].[I-]. The summed E-state index contributed by atoms with van der Waals surface area (Å²) in [6.45, 7) is 6.48. The number of anilines is 2. The Morgan fingerprint density at radius 2 is 1.44 bits per heavy atom. The summed E-state index contributed by atoms with van der Waals surface area (Å²) in [5.74, 6) is 2.59. The zero-order valence-electron chi connectivity index (χ0n) is 28.1. The van der Waals surface area contributed by atoms with Crippen LogP contribution >= 0.6 is 0 Å². The number of benzene rings is 2. The van der Waals surface area contributed by atoms with E-state index >= 15 is 0 Å². The number of para-hydroxylation sites is 2. The quantitative estimate of drug-likeness (QED) is 0.208. The third-order valence-corrected chi connectivity index (χ3v) is 16.1. The summed E-state index contributed by atoms with van der Waals surface area (Å²) in [5, 5.41) is 0. The molecule has 1 spiro atoms. The van der Waals surface area contributed by atoms with Crippen molar-refractivity contribution in [3.8, 4) is 0 Å². The summed E-state index contributed by atoms with van der Waals surface area (Å²) in [6.07, 6.45) is 10.4. The maximum absolute atomic E-state index is 7.43. The highest BCUT2D eigenvalue weighted by Gasteiger charge is 2.77. The van der Waals surface area contributed by atoms with Crippen molar-refractivity contribution in [3.63, 3.8) is 0 Å². The van der Waals surface area contributed by atoms with Crippen LogP contribution in [0.1, 0.15) is 31.2 Å². The molecule has 12 rings (SSSR count). The van der Waals surface area contributed by atoms with Crippen molar-refractivity contribution in [2.75, 3.05) is 63.3 Å². The van der Waals surface area contributed by atoms with E-state index in [1.807, 2.05) is 0 Å². The van der Waals surface area contributed by atoms with E-state index < -0.39 is 0 Å². The molecule has 48 heavy (non-hydrogen) atoms. The maximum Gasteiger partial charge on any atom is 0.136 e. The molecule has 0 N–H and O–H groups in total.